The minimum atomic E-state index is -1.000. The normalized spacial score (nSPS) is 9.71. The summed E-state index contributed by atoms with van der Waals surface area (Å²) in [7, 11) is 2.47. The molecular weight excluding hydrogens is 351 g/mol. The molecule has 0 saturated heterocycles. The first-order valence-electron chi connectivity index (χ1n) is 5.59. The first-order valence-corrected chi connectivity index (χ1v) is 7.73. The summed E-state index contributed by atoms with van der Waals surface area (Å²) >= 11 is 0. The Labute approximate surface area is 139 Å². The molecule has 0 saturated carbocycles. The molecule has 21 heavy (non-hydrogen) atoms. The van der Waals surface area contributed by atoms with Crippen LogP contribution in [0.25, 0.3) is 0 Å². The first kappa shape index (κ1) is 17.7. The van der Waals surface area contributed by atoms with E-state index < -0.39 is 11.9 Å². The van der Waals surface area contributed by atoms with Crippen LogP contribution < -0.4 is 0 Å². The zero-order valence-corrected chi connectivity index (χ0v) is 13.3. The molecule has 2 rings (SSSR count). The second-order valence-electron chi connectivity index (χ2n) is 3.77. The summed E-state index contributed by atoms with van der Waals surface area (Å²) in [5.74, 6) is -2.00. The van der Waals surface area contributed by atoms with E-state index in [9.17, 15) is 9.59 Å². The third-order valence-corrected chi connectivity index (χ3v) is 4.94. The van der Waals surface area contributed by atoms with E-state index in [4.69, 9.17) is 10.2 Å². The topological polar surface area (TPSA) is 74.6 Å². The molecule has 1 radical (unpaired) electrons. The molecule has 2 aromatic rings. The van der Waals surface area contributed by atoms with Crippen molar-refractivity contribution in [3.63, 3.8) is 0 Å². The maximum atomic E-state index is 11.1. The van der Waals surface area contributed by atoms with Gasteiger partial charge in [-0.3, -0.25) is 0 Å². The van der Waals surface area contributed by atoms with Gasteiger partial charge in [0.15, 0.2) is 0 Å². The van der Waals surface area contributed by atoms with Gasteiger partial charge < -0.3 is 10.2 Å². The van der Waals surface area contributed by atoms with Crippen LogP contribution in [0.5, 0.6) is 0 Å². The summed E-state index contributed by atoms with van der Waals surface area (Å²) < 4.78 is 0. The molecule has 2 N–H and O–H groups in total. The molecule has 0 aromatic heterocycles. The number of benzene rings is 2. The minimum absolute atomic E-state index is 0. The number of hydrogen-bond acceptors (Lipinski definition) is 4. The van der Waals surface area contributed by atoms with Crippen LogP contribution in [-0.4, -0.2) is 22.2 Å². The van der Waals surface area contributed by atoms with E-state index in [-0.39, 0.29) is 28.2 Å². The predicted octanol–water partition coefficient (Wildman–Crippen LogP) is 3.88. The fourth-order valence-corrected chi connectivity index (χ4v) is 3.87. The molecular formula is C14H10MnO4S2. The number of carboxylic acid groups (broad SMARTS) is 2. The van der Waals surface area contributed by atoms with Crippen molar-refractivity contribution in [2.45, 2.75) is 9.79 Å². The van der Waals surface area contributed by atoms with E-state index in [1.54, 1.807) is 36.4 Å². The zero-order chi connectivity index (χ0) is 14.5. The average molecular weight is 361 g/mol. The molecule has 4 nitrogen and oxygen atoms in total. The molecule has 0 heterocycles. The van der Waals surface area contributed by atoms with E-state index in [0.717, 1.165) is 0 Å². The number of rotatable bonds is 5. The molecule has 0 atom stereocenters. The number of hydrogen-bond donors (Lipinski definition) is 2. The quantitative estimate of drug-likeness (QED) is 0.622. The molecule has 0 fully saturated rings. The van der Waals surface area contributed by atoms with E-state index in [2.05, 4.69) is 0 Å². The minimum Gasteiger partial charge on any atom is -0.478 e. The molecule has 0 bridgehead atoms. The maximum absolute atomic E-state index is 11.1. The van der Waals surface area contributed by atoms with Gasteiger partial charge in [-0.2, -0.15) is 0 Å². The van der Waals surface area contributed by atoms with Gasteiger partial charge in [-0.05, 0) is 24.3 Å². The zero-order valence-electron chi connectivity index (χ0n) is 10.5. The van der Waals surface area contributed by atoms with Crippen molar-refractivity contribution in [3.05, 3.63) is 59.7 Å². The van der Waals surface area contributed by atoms with Gasteiger partial charge in [-0.1, -0.05) is 45.9 Å². The monoisotopic (exact) mass is 361 g/mol. The van der Waals surface area contributed by atoms with Crippen LogP contribution in [-0.2, 0) is 17.1 Å². The van der Waals surface area contributed by atoms with Crippen molar-refractivity contribution < 1.29 is 36.9 Å². The van der Waals surface area contributed by atoms with Crippen LogP contribution in [0.1, 0.15) is 20.7 Å². The molecule has 0 aliphatic heterocycles. The van der Waals surface area contributed by atoms with Gasteiger partial charge in [0.2, 0.25) is 0 Å². The summed E-state index contributed by atoms with van der Waals surface area (Å²) in [6.07, 6.45) is 0. The summed E-state index contributed by atoms with van der Waals surface area (Å²) in [6.45, 7) is 0. The smallest absolute Gasteiger partial charge is 0.336 e. The summed E-state index contributed by atoms with van der Waals surface area (Å²) in [5, 5.41) is 18.2. The summed E-state index contributed by atoms with van der Waals surface area (Å²) in [5.41, 5.74) is 0.413. The summed E-state index contributed by atoms with van der Waals surface area (Å²) in [4.78, 5) is 23.4. The summed E-state index contributed by atoms with van der Waals surface area (Å²) in [6, 6.07) is 13.3. The number of carbonyl (C=O) groups is 2. The Morgan fingerprint density at radius 1 is 0.714 bits per heavy atom. The fourth-order valence-electron chi connectivity index (χ4n) is 1.52. The molecule has 0 aliphatic carbocycles. The average Bonchev–Trinajstić information content (AvgIpc) is 2.45. The van der Waals surface area contributed by atoms with Crippen molar-refractivity contribution in [3.8, 4) is 0 Å². The molecule has 0 aliphatic rings. The van der Waals surface area contributed by atoms with E-state index in [0.29, 0.717) is 9.79 Å². The second kappa shape index (κ2) is 8.14. The van der Waals surface area contributed by atoms with Gasteiger partial charge in [0.25, 0.3) is 0 Å². The van der Waals surface area contributed by atoms with Gasteiger partial charge in [0, 0.05) is 26.9 Å². The molecule has 2 aromatic carbocycles. The molecule has 0 unspecified atom stereocenters. The van der Waals surface area contributed by atoms with E-state index >= 15 is 0 Å². The third-order valence-electron chi connectivity index (χ3n) is 2.46. The van der Waals surface area contributed by atoms with Gasteiger partial charge >= 0.3 is 11.9 Å². The molecule has 0 amide bonds. The SMILES string of the molecule is O=C(O)c1ccccc1SSc1ccccc1C(=O)O.[Mn]. The Kier molecular flexibility index (Phi) is 6.84. The standard InChI is InChI=1S/C14H10O4S2.Mn/c15-13(16)9-5-1-3-7-11(9)19-20-12-8-4-2-6-10(12)14(17)18;/h1-8H,(H,15,16)(H,17,18);. The van der Waals surface area contributed by atoms with Gasteiger partial charge in [0.05, 0.1) is 11.1 Å². The van der Waals surface area contributed by atoms with E-state index in [1.807, 2.05) is 0 Å². The Bertz CT molecular complexity index is 603. The van der Waals surface area contributed by atoms with Crippen LogP contribution in [0.4, 0.5) is 0 Å². The van der Waals surface area contributed by atoms with Crippen LogP contribution in [0, 0.1) is 0 Å². The Morgan fingerprint density at radius 2 is 1.05 bits per heavy atom. The van der Waals surface area contributed by atoms with Crippen LogP contribution in [0.3, 0.4) is 0 Å². The Hall–Kier alpha value is -1.40. The largest absolute Gasteiger partial charge is 0.478 e. The number of aromatic carboxylic acids is 2. The fraction of sp³-hybridized carbons (Fsp3) is 0. The third kappa shape index (κ3) is 4.54. The van der Waals surface area contributed by atoms with Crippen molar-refractivity contribution in [2.24, 2.45) is 0 Å². The molecule has 109 valence electrons. The van der Waals surface area contributed by atoms with Crippen molar-refractivity contribution >= 4 is 33.5 Å². The van der Waals surface area contributed by atoms with Crippen LogP contribution in [0.15, 0.2) is 58.3 Å². The van der Waals surface area contributed by atoms with Gasteiger partial charge in [0.1, 0.15) is 0 Å². The van der Waals surface area contributed by atoms with Crippen molar-refractivity contribution in [1.29, 1.82) is 0 Å². The maximum Gasteiger partial charge on any atom is 0.336 e. The van der Waals surface area contributed by atoms with Crippen LogP contribution >= 0.6 is 21.6 Å². The first-order chi connectivity index (χ1) is 9.59. The van der Waals surface area contributed by atoms with Gasteiger partial charge in [-0.25, -0.2) is 9.59 Å². The second-order valence-corrected chi connectivity index (χ2v) is 5.98. The predicted molar refractivity (Wildman–Crippen MR) is 78.5 cm³/mol. The number of carboxylic acids is 2. The van der Waals surface area contributed by atoms with E-state index in [1.165, 1.54) is 33.7 Å². The Balaban J connectivity index is 0.00000220. The van der Waals surface area contributed by atoms with Gasteiger partial charge in [-0.15, -0.1) is 0 Å². The van der Waals surface area contributed by atoms with Crippen molar-refractivity contribution in [2.75, 3.05) is 0 Å². The Morgan fingerprint density at radius 3 is 1.38 bits per heavy atom. The molecule has 0 spiro atoms. The molecule has 7 heteroatoms. The van der Waals surface area contributed by atoms with Crippen LogP contribution in [0.2, 0.25) is 0 Å². The van der Waals surface area contributed by atoms with Crippen molar-refractivity contribution in [1.82, 2.24) is 0 Å².